The number of nitrogens with zero attached hydrogens (tertiary/aromatic N) is 3. The molecule has 0 fully saturated rings. The molecule has 1 atom stereocenters. The van der Waals surface area contributed by atoms with E-state index in [2.05, 4.69) is 35.8 Å². The van der Waals surface area contributed by atoms with Crippen LogP contribution in [0.15, 0.2) is 34.9 Å². The number of aliphatic hydroxyl groups excluding tert-OH is 1. The van der Waals surface area contributed by atoms with Crippen LogP contribution in [-0.2, 0) is 6.42 Å². The maximum absolute atomic E-state index is 9.59. The third kappa shape index (κ3) is 4.15. The van der Waals surface area contributed by atoms with Crippen molar-refractivity contribution in [1.82, 2.24) is 15.0 Å². The molecular formula is C17H25N3O2. The van der Waals surface area contributed by atoms with Crippen molar-refractivity contribution < 1.29 is 9.63 Å². The zero-order chi connectivity index (χ0) is 16.2. The van der Waals surface area contributed by atoms with E-state index < -0.39 is 0 Å². The molecule has 0 amide bonds. The summed E-state index contributed by atoms with van der Waals surface area (Å²) in [6, 6.07) is 9.89. The third-order valence-corrected chi connectivity index (χ3v) is 3.88. The Hall–Kier alpha value is -1.72. The summed E-state index contributed by atoms with van der Waals surface area (Å²) >= 11 is 0. The molecule has 5 heteroatoms. The Labute approximate surface area is 132 Å². The molecule has 2 aromatic rings. The minimum absolute atomic E-state index is 0.0214. The fraction of sp³-hybridized carbons (Fsp3) is 0.529. The highest BCUT2D eigenvalue weighted by Gasteiger charge is 2.27. The molecule has 0 aliphatic rings. The lowest BCUT2D eigenvalue weighted by Crippen LogP contribution is -2.45. The third-order valence-electron chi connectivity index (χ3n) is 3.88. The highest BCUT2D eigenvalue weighted by molar-refractivity contribution is 5.53. The van der Waals surface area contributed by atoms with E-state index in [1.165, 1.54) is 0 Å². The molecule has 120 valence electrons. The van der Waals surface area contributed by atoms with Crippen LogP contribution in [0.5, 0.6) is 0 Å². The summed E-state index contributed by atoms with van der Waals surface area (Å²) in [4.78, 5) is 6.58. The Morgan fingerprint density at radius 1 is 1.23 bits per heavy atom. The van der Waals surface area contributed by atoms with Crippen molar-refractivity contribution in [2.75, 3.05) is 20.2 Å². The van der Waals surface area contributed by atoms with Crippen molar-refractivity contribution in [2.45, 2.75) is 33.2 Å². The molecule has 0 bridgehead atoms. The minimum Gasteiger partial charge on any atom is -0.395 e. The van der Waals surface area contributed by atoms with E-state index in [0.717, 1.165) is 12.1 Å². The lowest BCUT2D eigenvalue weighted by molar-refractivity contribution is 0.0656. The summed E-state index contributed by atoms with van der Waals surface area (Å²) in [5, 5.41) is 13.6. The van der Waals surface area contributed by atoms with Crippen molar-refractivity contribution in [2.24, 2.45) is 5.41 Å². The molecule has 2 rings (SSSR count). The highest BCUT2D eigenvalue weighted by atomic mass is 16.5. The van der Waals surface area contributed by atoms with Crippen molar-refractivity contribution in [3.05, 3.63) is 36.2 Å². The number of hydrogen-bond donors (Lipinski definition) is 1. The van der Waals surface area contributed by atoms with Gasteiger partial charge in [0.2, 0.25) is 11.7 Å². The Morgan fingerprint density at radius 3 is 2.50 bits per heavy atom. The first-order valence-corrected chi connectivity index (χ1v) is 7.61. The monoisotopic (exact) mass is 303 g/mol. The minimum atomic E-state index is 0.0214. The first kappa shape index (κ1) is 16.6. The summed E-state index contributed by atoms with van der Waals surface area (Å²) in [6.07, 6.45) is 0.670. The predicted molar refractivity (Wildman–Crippen MR) is 86.4 cm³/mol. The van der Waals surface area contributed by atoms with E-state index in [9.17, 15) is 5.11 Å². The number of likely N-dealkylation sites (N-methyl/N-ethyl adjacent to an activating group) is 1. The van der Waals surface area contributed by atoms with Gasteiger partial charge in [0.25, 0.3) is 0 Å². The molecule has 0 saturated carbocycles. The number of benzene rings is 1. The highest BCUT2D eigenvalue weighted by Crippen LogP contribution is 2.23. The van der Waals surface area contributed by atoms with Crippen LogP contribution in [0.2, 0.25) is 0 Å². The second-order valence-electron chi connectivity index (χ2n) is 6.67. The second kappa shape index (κ2) is 7.03. The van der Waals surface area contributed by atoms with Gasteiger partial charge in [0.15, 0.2) is 0 Å². The van der Waals surface area contributed by atoms with E-state index in [4.69, 9.17) is 4.52 Å². The van der Waals surface area contributed by atoms with E-state index in [0.29, 0.717) is 18.1 Å². The normalized spacial score (nSPS) is 13.5. The molecule has 0 aliphatic heterocycles. The van der Waals surface area contributed by atoms with Gasteiger partial charge in [0, 0.05) is 24.6 Å². The number of aromatic nitrogens is 2. The zero-order valence-corrected chi connectivity index (χ0v) is 13.8. The Bertz CT molecular complexity index is 575. The summed E-state index contributed by atoms with van der Waals surface area (Å²) in [5.74, 6) is 1.24. The van der Waals surface area contributed by atoms with Crippen molar-refractivity contribution in [1.29, 1.82) is 0 Å². The first-order chi connectivity index (χ1) is 10.4. The van der Waals surface area contributed by atoms with Gasteiger partial charge in [-0.3, -0.25) is 0 Å². The van der Waals surface area contributed by atoms with Gasteiger partial charge < -0.3 is 14.5 Å². The Balaban J connectivity index is 1.96. The summed E-state index contributed by atoms with van der Waals surface area (Å²) < 4.78 is 5.32. The summed E-state index contributed by atoms with van der Waals surface area (Å²) in [7, 11) is 2.01. The molecule has 1 aromatic heterocycles. The number of aliphatic hydroxyl groups is 1. The van der Waals surface area contributed by atoms with Crippen molar-refractivity contribution in [3.63, 3.8) is 0 Å². The summed E-state index contributed by atoms with van der Waals surface area (Å²) in [5.41, 5.74) is 0.974. The quantitative estimate of drug-likeness (QED) is 0.889. The first-order valence-electron chi connectivity index (χ1n) is 7.61. The average Bonchev–Trinajstić information content (AvgIpc) is 2.94. The van der Waals surface area contributed by atoms with Crippen LogP contribution in [-0.4, -0.2) is 46.4 Å². The molecule has 1 heterocycles. The van der Waals surface area contributed by atoms with Crippen LogP contribution in [0.4, 0.5) is 0 Å². The second-order valence-corrected chi connectivity index (χ2v) is 6.67. The molecule has 0 saturated heterocycles. The van der Waals surface area contributed by atoms with Crippen LogP contribution in [0.25, 0.3) is 11.4 Å². The van der Waals surface area contributed by atoms with Crippen LogP contribution >= 0.6 is 0 Å². The van der Waals surface area contributed by atoms with E-state index in [1.54, 1.807) is 0 Å². The standard InChI is InChI=1S/C17H25N3O2/c1-17(2,3)14(12-21)20(4)11-10-15-18-16(19-22-15)13-8-6-5-7-9-13/h5-9,14,21H,10-12H2,1-4H3. The van der Waals surface area contributed by atoms with Gasteiger partial charge >= 0.3 is 0 Å². The van der Waals surface area contributed by atoms with Gasteiger partial charge in [-0.25, -0.2) is 0 Å². The van der Waals surface area contributed by atoms with Gasteiger partial charge in [-0.15, -0.1) is 0 Å². The van der Waals surface area contributed by atoms with E-state index >= 15 is 0 Å². The lowest BCUT2D eigenvalue weighted by Gasteiger charge is -2.36. The maximum Gasteiger partial charge on any atom is 0.228 e. The Kier molecular flexibility index (Phi) is 5.32. The van der Waals surface area contributed by atoms with Gasteiger partial charge in [0.1, 0.15) is 0 Å². The van der Waals surface area contributed by atoms with Crippen LogP contribution in [0.1, 0.15) is 26.7 Å². The SMILES string of the molecule is CN(CCc1nc(-c2ccccc2)no1)C(CO)C(C)(C)C. The fourth-order valence-corrected chi connectivity index (χ4v) is 2.56. The van der Waals surface area contributed by atoms with Crippen LogP contribution in [0, 0.1) is 5.41 Å². The smallest absolute Gasteiger partial charge is 0.228 e. The van der Waals surface area contributed by atoms with Crippen LogP contribution < -0.4 is 0 Å². The van der Waals surface area contributed by atoms with Gasteiger partial charge in [-0.05, 0) is 12.5 Å². The van der Waals surface area contributed by atoms with Crippen molar-refractivity contribution in [3.8, 4) is 11.4 Å². The molecule has 22 heavy (non-hydrogen) atoms. The molecular weight excluding hydrogens is 278 g/mol. The van der Waals surface area contributed by atoms with E-state index in [-0.39, 0.29) is 18.1 Å². The van der Waals surface area contributed by atoms with Crippen molar-refractivity contribution >= 4 is 0 Å². The molecule has 0 radical (unpaired) electrons. The molecule has 5 nitrogen and oxygen atoms in total. The van der Waals surface area contributed by atoms with Gasteiger partial charge in [-0.2, -0.15) is 4.98 Å². The fourth-order valence-electron chi connectivity index (χ4n) is 2.56. The number of hydrogen-bond acceptors (Lipinski definition) is 5. The molecule has 0 aliphatic carbocycles. The molecule has 1 aromatic carbocycles. The topological polar surface area (TPSA) is 62.4 Å². The summed E-state index contributed by atoms with van der Waals surface area (Å²) in [6.45, 7) is 7.29. The average molecular weight is 303 g/mol. The largest absolute Gasteiger partial charge is 0.395 e. The predicted octanol–water partition coefficient (Wildman–Crippen LogP) is 2.62. The molecule has 1 unspecified atom stereocenters. The molecule has 0 spiro atoms. The van der Waals surface area contributed by atoms with Gasteiger partial charge in [-0.1, -0.05) is 56.3 Å². The van der Waals surface area contributed by atoms with Gasteiger partial charge in [0.05, 0.1) is 6.61 Å². The lowest BCUT2D eigenvalue weighted by atomic mass is 9.86. The number of rotatable bonds is 6. The zero-order valence-electron chi connectivity index (χ0n) is 13.8. The van der Waals surface area contributed by atoms with Crippen LogP contribution in [0.3, 0.4) is 0 Å². The molecule has 1 N–H and O–H groups in total. The maximum atomic E-state index is 9.59. The van der Waals surface area contributed by atoms with E-state index in [1.807, 2.05) is 37.4 Å². The Morgan fingerprint density at radius 2 is 1.91 bits per heavy atom.